The summed E-state index contributed by atoms with van der Waals surface area (Å²) in [6.07, 6.45) is 0.875. The lowest BCUT2D eigenvalue weighted by Gasteiger charge is -2.11. The molecule has 0 spiro atoms. The predicted molar refractivity (Wildman–Crippen MR) is 76.5 cm³/mol. The van der Waals surface area contributed by atoms with Crippen molar-refractivity contribution < 1.29 is 9.47 Å². The lowest BCUT2D eigenvalue weighted by atomic mass is 10.2. The molecule has 0 fully saturated rings. The molecule has 1 aliphatic heterocycles. The minimum Gasteiger partial charge on any atom is -0.489 e. The van der Waals surface area contributed by atoms with Crippen LogP contribution in [0, 0.1) is 0 Å². The molecule has 0 N–H and O–H groups in total. The van der Waals surface area contributed by atoms with Crippen LogP contribution in [0.15, 0.2) is 22.0 Å². The summed E-state index contributed by atoms with van der Waals surface area (Å²) >= 11 is 9.41. The standard InChI is InChI=1S/C12H11ClN2O2S2/c13-9-4-8(6-18-12-15-14-7-19-12)5-10-11(9)17-3-1-2-16-10/h4-5,7H,1-3,6H2. The Hall–Kier alpha value is -0.980. The molecule has 0 aliphatic carbocycles. The van der Waals surface area contributed by atoms with Gasteiger partial charge in [0.15, 0.2) is 15.8 Å². The Morgan fingerprint density at radius 1 is 1.32 bits per heavy atom. The number of hydrogen-bond donors (Lipinski definition) is 0. The van der Waals surface area contributed by atoms with E-state index < -0.39 is 0 Å². The van der Waals surface area contributed by atoms with Gasteiger partial charge in [-0.3, -0.25) is 0 Å². The largest absolute Gasteiger partial charge is 0.489 e. The monoisotopic (exact) mass is 314 g/mol. The highest BCUT2D eigenvalue weighted by Crippen LogP contribution is 2.39. The molecule has 0 unspecified atom stereocenters. The van der Waals surface area contributed by atoms with Gasteiger partial charge < -0.3 is 9.47 Å². The Kier molecular flexibility index (Phi) is 4.10. The third kappa shape index (κ3) is 3.13. The number of fused-ring (bicyclic) bond motifs is 1. The highest BCUT2D eigenvalue weighted by atomic mass is 35.5. The summed E-state index contributed by atoms with van der Waals surface area (Å²) in [7, 11) is 0. The van der Waals surface area contributed by atoms with Crippen LogP contribution < -0.4 is 9.47 Å². The Labute approximate surface area is 124 Å². The van der Waals surface area contributed by atoms with Crippen molar-refractivity contribution in [3.63, 3.8) is 0 Å². The quantitative estimate of drug-likeness (QED) is 0.809. The molecule has 0 saturated carbocycles. The number of hydrogen-bond acceptors (Lipinski definition) is 6. The van der Waals surface area contributed by atoms with Crippen LogP contribution in [0.1, 0.15) is 12.0 Å². The van der Waals surface area contributed by atoms with E-state index in [1.54, 1.807) is 17.3 Å². The van der Waals surface area contributed by atoms with Gasteiger partial charge in [0, 0.05) is 12.2 Å². The van der Waals surface area contributed by atoms with Crippen molar-refractivity contribution in [3.8, 4) is 11.5 Å². The third-order valence-electron chi connectivity index (χ3n) is 2.56. The molecular weight excluding hydrogens is 304 g/mol. The van der Waals surface area contributed by atoms with Crippen molar-refractivity contribution in [1.82, 2.24) is 10.2 Å². The highest BCUT2D eigenvalue weighted by Gasteiger charge is 2.15. The van der Waals surface area contributed by atoms with E-state index in [2.05, 4.69) is 10.2 Å². The predicted octanol–water partition coefficient (Wildman–Crippen LogP) is 3.65. The normalized spacial score (nSPS) is 14.2. The fraction of sp³-hybridized carbons (Fsp3) is 0.333. The summed E-state index contributed by atoms with van der Waals surface area (Å²) in [5, 5.41) is 8.41. The molecule has 0 radical (unpaired) electrons. The molecule has 0 amide bonds. The molecule has 1 aromatic carbocycles. The number of nitrogens with zero attached hydrogens (tertiary/aromatic N) is 2. The van der Waals surface area contributed by atoms with E-state index in [4.69, 9.17) is 21.1 Å². The SMILES string of the molecule is Clc1cc(CSc2nncs2)cc2c1OCCCO2. The van der Waals surface area contributed by atoms with Crippen molar-refractivity contribution in [1.29, 1.82) is 0 Å². The van der Waals surface area contributed by atoms with Crippen molar-refractivity contribution in [2.45, 2.75) is 16.5 Å². The second-order valence-electron chi connectivity index (χ2n) is 3.95. The van der Waals surface area contributed by atoms with Crippen LogP contribution >= 0.6 is 34.7 Å². The van der Waals surface area contributed by atoms with Crippen molar-refractivity contribution in [3.05, 3.63) is 28.2 Å². The topological polar surface area (TPSA) is 44.2 Å². The van der Waals surface area contributed by atoms with Gasteiger partial charge in [-0.1, -0.05) is 34.7 Å². The molecule has 3 rings (SSSR count). The Morgan fingerprint density at radius 2 is 2.21 bits per heavy atom. The highest BCUT2D eigenvalue weighted by molar-refractivity contribution is 8.00. The van der Waals surface area contributed by atoms with Crippen LogP contribution in [0.5, 0.6) is 11.5 Å². The molecule has 0 bridgehead atoms. The Morgan fingerprint density at radius 3 is 3.05 bits per heavy atom. The van der Waals surface area contributed by atoms with Gasteiger partial charge in [0.05, 0.1) is 18.2 Å². The Bertz CT molecular complexity index is 563. The van der Waals surface area contributed by atoms with Crippen LogP contribution in [-0.4, -0.2) is 23.4 Å². The number of halogens is 1. The van der Waals surface area contributed by atoms with Crippen LogP contribution in [-0.2, 0) is 5.75 Å². The van der Waals surface area contributed by atoms with Gasteiger partial charge in [-0.15, -0.1) is 10.2 Å². The zero-order valence-corrected chi connectivity index (χ0v) is 12.4. The van der Waals surface area contributed by atoms with Gasteiger partial charge in [0.1, 0.15) is 5.51 Å². The lowest BCUT2D eigenvalue weighted by molar-refractivity contribution is 0.297. The fourth-order valence-electron chi connectivity index (χ4n) is 1.74. The van der Waals surface area contributed by atoms with Crippen molar-refractivity contribution >= 4 is 34.7 Å². The maximum atomic E-state index is 6.24. The number of rotatable bonds is 3. The van der Waals surface area contributed by atoms with Crippen molar-refractivity contribution in [2.24, 2.45) is 0 Å². The first-order valence-electron chi connectivity index (χ1n) is 5.80. The zero-order valence-electron chi connectivity index (χ0n) is 9.97. The maximum Gasteiger partial charge on any atom is 0.179 e. The molecular formula is C12H11ClN2O2S2. The number of aromatic nitrogens is 2. The average molecular weight is 315 g/mol. The van der Waals surface area contributed by atoms with Gasteiger partial charge >= 0.3 is 0 Å². The van der Waals surface area contributed by atoms with E-state index in [0.717, 1.165) is 27.8 Å². The molecule has 19 heavy (non-hydrogen) atoms. The first kappa shape index (κ1) is 13.0. The average Bonchev–Trinajstić information content (AvgIpc) is 2.81. The zero-order chi connectivity index (χ0) is 13.1. The molecule has 7 heteroatoms. The minimum atomic E-state index is 0.604. The second-order valence-corrected chi connectivity index (χ2v) is 6.41. The first-order valence-corrected chi connectivity index (χ1v) is 8.04. The first-order chi connectivity index (χ1) is 9.33. The number of thioether (sulfide) groups is 1. The molecule has 1 aliphatic rings. The summed E-state index contributed by atoms with van der Waals surface area (Å²) in [5.74, 6) is 2.17. The van der Waals surface area contributed by atoms with E-state index >= 15 is 0 Å². The van der Waals surface area contributed by atoms with Gasteiger partial charge in [-0.25, -0.2) is 0 Å². The summed E-state index contributed by atoms with van der Waals surface area (Å²) in [6.45, 7) is 1.31. The number of benzene rings is 1. The van der Waals surface area contributed by atoms with Gasteiger partial charge in [-0.2, -0.15) is 0 Å². The lowest BCUT2D eigenvalue weighted by Crippen LogP contribution is -1.97. The van der Waals surface area contributed by atoms with Crippen LogP contribution in [0.2, 0.25) is 5.02 Å². The van der Waals surface area contributed by atoms with E-state index in [1.165, 1.54) is 11.3 Å². The smallest absolute Gasteiger partial charge is 0.179 e. The van der Waals surface area contributed by atoms with E-state index in [-0.39, 0.29) is 0 Å². The van der Waals surface area contributed by atoms with E-state index in [0.29, 0.717) is 24.0 Å². The van der Waals surface area contributed by atoms with Gasteiger partial charge in [-0.05, 0) is 17.7 Å². The van der Waals surface area contributed by atoms with Gasteiger partial charge in [0.25, 0.3) is 0 Å². The molecule has 0 atom stereocenters. The van der Waals surface area contributed by atoms with Crippen molar-refractivity contribution in [2.75, 3.05) is 13.2 Å². The van der Waals surface area contributed by atoms with Crippen LogP contribution in [0.3, 0.4) is 0 Å². The fourth-order valence-corrected chi connectivity index (χ4v) is 3.44. The molecule has 2 heterocycles. The second kappa shape index (κ2) is 5.98. The summed E-state index contributed by atoms with van der Waals surface area (Å²) in [4.78, 5) is 0. The third-order valence-corrected chi connectivity index (χ3v) is 4.78. The summed E-state index contributed by atoms with van der Waals surface area (Å²) in [5.41, 5.74) is 2.82. The van der Waals surface area contributed by atoms with Crippen LogP contribution in [0.4, 0.5) is 0 Å². The minimum absolute atomic E-state index is 0.604. The van der Waals surface area contributed by atoms with Crippen LogP contribution in [0.25, 0.3) is 0 Å². The Balaban J connectivity index is 1.79. The number of ether oxygens (including phenoxy) is 2. The molecule has 4 nitrogen and oxygen atoms in total. The molecule has 1 aromatic heterocycles. The summed E-state index contributed by atoms with van der Waals surface area (Å²) < 4.78 is 12.2. The molecule has 0 saturated heterocycles. The van der Waals surface area contributed by atoms with Gasteiger partial charge in [0.2, 0.25) is 0 Å². The molecule has 100 valence electrons. The molecule has 2 aromatic rings. The van der Waals surface area contributed by atoms with E-state index in [1.807, 2.05) is 12.1 Å². The summed E-state index contributed by atoms with van der Waals surface area (Å²) in [6, 6.07) is 3.91. The van der Waals surface area contributed by atoms with E-state index in [9.17, 15) is 0 Å². The maximum absolute atomic E-state index is 6.24.